The highest BCUT2D eigenvalue weighted by molar-refractivity contribution is 6.40. The molecule has 46 unspecified atom stereocenters. The number of ketones is 1. The van der Waals surface area contributed by atoms with Gasteiger partial charge in [-0.05, 0) is 24.1 Å². The van der Waals surface area contributed by atoms with Gasteiger partial charge in [0.25, 0.3) is 5.91 Å². The number of aliphatic hydroxyl groups is 26. The fourth-order valence-electron chi connectivity index (χ4n) is 15.8. The van der Waals surface area contributed by atoms with E-state index in [4.69, 9.17) is 94.7 Å². The van der Waals surface area contributed by atoms with Crippen LogP contribution in [0.3, 0.4) is 0 Å². The summed E-state index contributed by atoms with van der Waals surface area (Å²) in [7, 11) is 2.26. The average Bonchev–Trinajstić information content (AvgIpc) is 1.02. The molecular formula is C69H109NO48. The molecule has 10 aliphatic heterocycles. The summed E-state index contributed by atoms with van der Waals surface area (Å²) < 4.78 is 114. The summed E-state index contributed by atoms with van der Waals surface area (Å²) in [6.07, 6.45) is -86.3. The second-order valence-electron chi connectivity index (χ2n) is 30.6. The van der Waals surface area contributed by atoms with Crippen molar-refractivity contribution in [3.05, 3.63) is 29.8 Å². The van der Waals surface area contributed by atoms with Crippen LogP contribution >= 0.6 is 0 Å². The number of amides is 1. The molecule has 10 heterocycles. The summed E-state index contributed by atoms with van der Waals surface area (Å²) in [5.41, 5.74) is -0.255. The van der Waals surface area contributed by atoms with Gasteiger partial charge < -0.3 is 233 Å². The Morgan fingerprint density at radius 3 is 0.737 bits per heavy atom. The van der Waals surface area contributed by atoms with E-state index >= 15 is 0 Å². The molecule has 1 aromatic carbocycles. The van der Waals surface area contributed by atoms with Gasteiger partial charge in [-0.15, -0.1) is 0 Å². The Kier molecular flexibility index (Phi) is 32.8. The number of carbonyl (C=O) groups is 2. The van der Waals surface area contributed by atoms with Crippen LogP contribution in [-0.4, -0.2) is 501 Å². The minimum atomic E-state index is -2.30. The number of ether oxygens (including phenoxy) is 20. The first-order valence-electron chi connectivity index (χ1n) is 38.0. The SMILES string of the molecule is COC1C(CO)OC(OC2C(CO)OC(OC3C(CO)OC(OC4C(CO)OC(OC5C(CO)OC(OC6C(CO)OC(OC7C(CO)OC(OC8C(CO)OC(OC9C(CO)OC(Oc%10ccc(CC%11NC(=O)C(=O)C%11(C)C)cc%10)C(O)C9O)C(OC)C8O)C(O)C7O)C(O)C6O)C(O)C5O)C(O)C4O)C(O)C3O)C(O)C2O)C(O)C1O. The molecule has 118 heavy (non-hydrogen) atoms. The highest BCUT2D eigenvalue weighted by Gasteiger charge is 2.61. The third kappa shape index (κ3) is 19.3. The van der Waals surface area contributed by atoms with Crippen LogP contribution < -0.4 is 10.1 Å². The molecular weight excluding hydrogens is 1610 g/mol. The molecule has 0 radical (unpaired) electrons. The van der Waals surface area contributed by atoms with E-state index in [2.05, 4.69) is 5.32 Å². The minimum absolute atomic E-state index is 0.138. The lowest BCUT2D eigenvalue weighted by Crippen LogP contribution is -2.68. The van der Waals surface area contributed by atoms with E-state index < -0.39 is 359 Å². The first kappa shape index (κ1) is 95.0. The Bertz CT molecular complexity index is 3280. The normalized spacial score (nSPS) is 49.0. The maximum Gasteiger partial charge on any atom is 0.288 e. The molecule has 0 bridgehead atoms. The molecule has 1 amide bonds. The van der Waals surface area contributed by atoms with Gasteiger partial charge in [0.2, 0.25) is 12.1 Å². The first-order valence-corrected chi connectivity index (χ1v) is 38.0. The van der Waals surface area contributed by atoms with Gasteiger partial charge in [0.1, 0.15) is 225 Å². The predicted octanol–water partition coefficient (Wildman–Crippen LogP) is -17.6. The van der Waals surface area contributed by atoms with E-state index in [0.29, 0.717) is 12.0 Å². The Morgan fingerprint density at radius 2 is 0.500 bits per heavy atom. The van der Waals surface area contributed by atoms with Crippen molar-refractivity contribution in [3.63, 3.8) is 0 Å². The number of hydrogen-bond donors (Lipinski definition) is 27. The van der Waals surface area contributed by atoms with Crippen molar-refractivity contribution < 1.29 is 237 Å². The van der Waals surface area contributed by atoms with Crippen LogP contribution in [0.25, 0.3) is 0 Å². The maximum absolute atomic E-state index is 12.3. The van der Waals surface area contributed by atoms with Gasteiger partial charge in [-0.2, -0.15) is 0 Å². The van der Waals surface area contributed by atoms with Crippen molar-refractivity contribution in [1.82, 2.24) is 5.32 Å². The zero-order chi connectivity index (χ0) is 86.1. The first-order chi connectivity index (χ1) is 56.1. The molecule has 1 aromatic rings. The molecule has 10 fully saturated rings. The van der Waals surface area contributed by atoms with Crippen LogP contribution in [0.4, 0.5) is 0 Å². The minimum Gasteiger partial charge on any atom is -0.462 e. The lowest BCUT2D eigenvalue weighted by Gasteiger charge is -2.50. The van der Waals surface area contributed by atoms with Crippen LogP contribution in [-0.2, 0) is 106 Å². The van der Waals surface area contributed by atoms with E-state index in [9.17, 15) is 142 Å². The predicted molar refractivity (Wildman–Crippen MR) is 366 cm³/mol. The fraction of sp³-hybridized carbons (Fsp3) is 0.884. The van der Waals surface area contributed by atoms with E-state index in [0.717, 1.165) is 7.11 Å². The molecule has 0 spiro atoms. The van der Waals surface area contributed by atoms with Crippen molar-refractivity contribution in [2.75, 3.05) is 73.7 Å². The lowest BCUT2D eigenvalue weighted by molar-refractivity contribution is -0.400. The van der Waals surface area contributed by atoms with E-state index in [-0.39, 0.29) is 5.75 Å². The van der Waals surface area contributed by atoms with Crippen molar-refractivity contribution >= 4 is 11.7 Å². The summed E-state index contributed by atoms with van der Waals surface area (Å²) >= 11 is 0. The van der Waals surface area contributed by atoms with Crippen molar-refractivity contribution in [3.8, 4) is 5.75 Å². The van der Waals surface area contributed by atoms with Crippen LogP contribution in [0.5, 0.6) is 5.75 Å². The number of benzene rings is 1. The molecule has 27 N–H and O–H groups in total. The molecule has 10 saturated heterocycles. The Hall–Kier alpha value is -3.64. The van der Waals surface area contributed by atoms with Crippen LogP contribution in [0, 0.1) is 5.41 Å². The molecule has 678 valence electrons. The molecule has 46 atom stereocenters. The zero-order valence-electron chi connectivity index (χ0n) is 63.5. The molecule has 11 rings (SSSR count). The Balaban J connectivity index is 0.653. The van der Waals surface area contributed by atoms with Crippen LogP contribution in [0.1, 0.15) is 19.4 Å². The monoisotopic (exact) mass is 1720 g/mol. The number of Topliss-reactive ketones (excluding diaryl/α,β-unsaturated/α-hetero) is 1. The number of carbonyl (C=O) groups excluding carboxylic acids is 2. The highest BCUT2D eigenvalue weighted by atomic mass is 16.8. The van der Waals surface area contributed by atoms with Crippen molar-refractivity contribution in [2.24, 2.45) is 5.41 Å². The van der Waals surface area contributed by atoms with Gasteiger partial charge >= 0.3 is 0 Å². The molecule has 10 aliphatic rings. The standard InChI is InChI=1S/C69H109NO48/c1-69(2)30(70-59(98)58(69)97)9-19-5-7-20(8-6-19)101-60-40(89)32(81)55(28(17-78)103-60)118-68-57(100-4)47(96)56(29(18-79)110-68)117-67-46(95)38(87)54(27(16-77)109-67)116-66-45(94)37(86)53(26(15-76)108-66)115-65-44(93)36(85)52(25(14-75)107-65)114-64-43(92)35(84)51(24(13-74)106-64)113-63-42(91)34(83)50(23(12-73)105-63)112-62-41(90)33(82)49(22(11-72)104-62)111-61-39(88)31(80)48(99-3)21(10-71)102-61/h5-8,21-57,60-68,71-96H,9-18H2,1-4H3,(H,70,98). The number of hydrogen-bond acceptors (Lipinski definition) is 48. The highest BCUT2D eigenvalue weighted by Crippen LogP contribution is 2.41. The maximum atomic E-state index is 12.3. The lowest BCUT2D eigenvalue weighted by atomic mass is 9.81. The molecule has 0 aromatic heterocycles. The largest absolute Gasteiger partial charge is 0.462 e. The summed E-state index contributed by atoms with van der Waals surface area (Å²) in [4.78, 5) is 24.4. The number of aliphatic hydroxyl groups excluding tert-OH is 26. The van der Waals surface area contributed by atoms with Gasteiger partial charge in [0, 0.05) is 20.3 Å². The van der Waals surface area contributed by atoms with Gasteiger partial charge in [0.15, 0.2) is 50.3 Å². The van der Waals surface area contributed by atoms with Gasteiger partial charge in [-0.25, -0.2) is 0 Å². The van der Waals surface area contributed by atoms with Crippen LogP contribution in [0.15, 0.2) is 24.3 Å². The summed E-state index contributed by atoms with van der Waals surface area (Å²) in [6, 6.07) is 5.80. The number of methoxy groups -OCH3 is 2. The van der Waals surface area contributed by atoms with Crippen molar-refractivity contribution in [1.29, 1.82) is 0 Å². The summed E-state index contributed by atoms with van der Waals surface area (Å²) in [6.45, 7) is -5.75. The topological polar surface area (TPSA) is 757 Å². The summed E-state index contributed by atoms with van der Waals surface area (Å²) in [5, 5.41) is 289. The Morgan fingerprint density at radius 1 is 0.288 bits per heavy atom. The number of rotatable bonds is 31. The van der Waals surface area contributed by atoms with Gasteiger partial charge in [0.05, 0.1) is 64.9 Å². The third-order valence-electron chi connectivity index (χ3n) is 22.8. The molecule has 0 saturated carbocycles. The molecule has 0 aliphatic carbocycles. The van der Waals surface area contributed by atoms with Gasteiger partial charge in [-0.3, -0.25) is 9.59 Å². The van der Waals surface area contributed by atoms with E-state index in [1.807, 2.05) is 0 Å². The quantitative estimate of drug-likeness (QED) is 0.0307. The zero-order valence-corrected chi connectivity index (χ0v) is 63.5. The Labute approximate surface area is 669 Å². The fourth-order valence-corrected chi connectivity index (χ4v) is 15.8. The van der Waals surface area contributed by atoms with E-state index in [1.165, 1.54) is 19.2 Å². The summed E-state index contributed by atoms with van der Waals surface area (Å²) in [5.74, 6) is -1.10. The molecule has 49 heteroatoms. The van der Waals surface area contributed by atoms with Gasteiger partial charge in [-0.1, -0.05) is 26.0 Å². The molecule has 49 nitrogen and oxygen atoms in total. The van der Waals surface area contributed by atoms with Crippen molar-refractivity contribution in [2.45, 2.75) is 303 Å². The third-order valence-corrected chi connectivity index (χ3v) is 22.8. The second kappa shape index (κ2) is 40.8. The van der Waals surface area contributed by atoms with Crippen LogP contribution in [0.2, 0.25) is 0 Å². The number of nitrogens with one attached hydrogen (secondary N) is 1. The smallest absolute Gasteiger partial charge is 0.288 e. The van der Waals surface area contributed by atoms with E-state index in [1.54, 1.807) is 26.0 Å². The average molecular weight is 1720 g/mol. The second-order valence-corrected chi connectivity index (χ2v) is 30.6.